The molecule has 0 saturated heterocycles. The van der Waals surface area contributed by atoms with Crippen LogP contribution in [0.25, 0.3) is 11.4 Å². The van der Waals surface area contributed by atoms with E-state index in [1.165, 1.54) is 24.3 Å². The van der Waals surface area contributed by atoms with E-state index < -0.39 is 18.3 Å². The first-order chi connectivity index (χ1) is 14.5. The maximum atomic E-state index is 14.2. The molecule has 1 aliphatic carbocycles. The molecule has 0 atom stereocenters. The number of thioether (sulfide) groups is 1. The topological polar surface area (TPSA) is 69.0 Å². The molecular weight excluding hydrogens is 417 g/mol. The fraction of sp³-hybridized carbons (Fsp3) is 0.250. The Morgan fingerprint density at radius 2 is 1.90 bits per heavy atom. The summed E-state index contributed by atoms with van der Waals surface area (Å²) in [6, 6.07) is 12.5. The third kappa shape index (κ3) is 4.59. The molecule has 3 aromatic rings. The SMILES string of the molecule is O=C(CSc1nnc(-c2ccccc2F)n1C1CC1)Nc1ccccc1OC(F)F. The molecule has 2 aromatic carbocycles. The molecule has 0 aliphatic heterocycles. The molecule has 1 saturated carbocycles. The Kier molecular flexibility index (Phi) is 5.93. The number of nitrogens with one attached hydrogen (secondary N) is 1. The number of rotatable bonds is 8. The zero-order valence-corrected chi connectivity index (χ0v) is 16.4. The maximum Gasteiger partial charge on any atom is 0.387 e. The van der Waals surface area contributed by atoms with Crippen molar-refractivity contribution in [3.8, 4) is 17.1 Å². The van der Waals surface area contributed by atoms with Gasteiger partial charge in [0, 0.05) is 6.04 Å². The van der Waals surface area contributed by atoms with Crippen molar-refractivity contribution in [3.05, 3.63) is 54.3 Å². The van der Waals surface area contributed by atoms with Crippen LogP contribution in [0.15, 0.2) is 53.7 Å². The second kappa shape index (κ2) is 8.78. The minimum atomic E-state index is -2.99. The van der Waals surface area contributed by atoms with Gasteiger partial charge in [-0.1, -0.05) is 36.0 Å². The number of carbonyl (C=O) groups is 1. The van der Waals surface area contributed by atoms with Crippen molar-refractivity contribution < 1.29 is 22.7 Å². The van der Waals surface area contributed by atoms with Gasteiger partial charge in [0.05, 0.1) is 17.0 Å². The first kappa shape index (κ1) is 20.3. The highest BCUT2D eigenvalue weighted by Gasteiger charge is 2.31. The van der Waals surface area contributed by atoms with Gasteiger partial charge in [0.1, 0.15) is 11.6 Å². The van der Waals surface area contributed by atoms with Crippen molar-refractivity contribution in [2.75, 3.05) is 11.1 Å². The third-order valence-electron chi connectivity index (χ3n) is 4.40. The zero-order valence-electron chi connectivity index (χ0n) is 15.6. The van der Waals surface area contributed by atoms with Crippen molar-refractivity contribution in [1.82, 2.24) is 14.8 Å². The number of para-hydroxylation sites is 2. The van der Waals surface area contributed by atoms with Gasteiger partial charge in [0.25, 0.3) is 0 Å². The quantitative estimate of drug-likeness (QED) is 0.518. The van der Waals surface area contributed by atoms with Crippen LogP contribution in [0.3, 0.4) is 0 Å². The van der Waals surface area contributed by atoms with Crippen LogP contribution in [-0.4, -0.2) is 33.0 Å². The first-order valence-corrected chi connectivity index (χ1v) is 10.2. The summed E-state index contributed by atoms with van der Waals surface area (Å²) in [6.45, 7) is -2.99. The molecule has 0 radical (unpaired) electrons. The van der Waals surface area contributed by atoms with Gasteiger partial charge >= 0.3 is 6.61 Å². The Bertz CT molecular complexity index is 1060. The van der Waals surface area contributed by atoms with Crippen LogP contribution >= 0.6 is 11.8 Å². The first-order valence-electron chi connectivity index (χ1n) is 9.19. The maximum absolute atomic E-state index is 14.2. The molecule has 30 heavy (non-hydrogen) atoms. The molecule has 1 aromatic heterocycles. The number of hydrogen-bond acceptors (Lipinski definition) is 5. The third-order valence-corrected chi connectivity index (χ3v) is 5.34. The minimum absolute atomic E-state index is 0.0227. The highest BCUT2D eigenvalue weighted by molar-refractivity contribution is 7.99. The van der Waals surface area contributed by atoms with Crippen LogP contribution in [0.5, 0.6) is 5.75 Å². The largest absolute Gasteiger partial charge is 0.433 e. The molecule has 0 bridgehead atoms. The Labute approximate surface area is 174 Å². The number of halogens is 3. The molecule has 1 heterocycles. The van der Waals surface area contributed by atoms with Gasteiger partial charge in [-0.2, -0.15) is 8.78 Å². The Balaban J connectivity index is 1.47. The highest BCUT2D eigenvalue weighted by Crippen LogP contribution is 2.41. The Hall–Kier alpha value is -3.01. The molecule has 4 rings (SSSR count). The average Bonchev–Trinajstić information content (AvgIpc) is 3.47. The summed E-state index contributed by atoms with van der Waals surface area (Å²) in [5.41, 5.74) is 0.505. The number of benzene rings is 2. The molecule has 1 N–H and O–H groups in total. The highest BCUT2D eigenvalue weighted by atomic mass is 32.2. The van der Waals surface area contributed by atoms with Crippen molar-refractivity contribution in [3.63, 3.8) is 0 Å². The molecule has 0 spiro atoms. The number of nitrogens with zero attached hydrogens (tertiary/aromatic N) is 3. The summed E-state index contributed by atoms with van der Waals surface area (Å²) < 4.78 is 45.5. The average molecular weight is 434 g/mol. The molecule has 1 amide bonds. The summed E-state index contributed by atoms with van der Waals surface area (Å²) in [4.78, 5) is 12.4. The Morgan fingerprint density at radius 1 is 1.17 bits per heavy atom. The van der Waals surface area contributed by atoms with Crippen molar-refractivity contribution in [2.45, 2.75) is 30.7 Å². The monoisotopic (exact) mass is 434 g/mol. The number of alkyl halides is 2. The van der Waals surface area contributed by atoms with E-state index in [4.69, 9.17) is 0 Å². The number of amides is 1. The van der Waals surface area contributed by atoms with Crippen LogP contribution < -0.4 is 10.1 Å². The van der Waals surface area contributed by atoms with Crippen LogP contribution in [-0.2, 0) is 4.79 Å². The molecule has 10 heteroatoms. The van der Waals surface area contributed by atoms with Gasteiger partial charge in [-0.25, -0.2) is 4.39 Å². The summed E-state index contributed by atoms with van der Waals surface area (Å²) in [5.74, 6) is -0.520. The van der Waals surface area contributed by atoms with E-state index in [1.807, 2.05) is 4.57 Å². The van der Waals surface area contributed by atoms with Crippen molar-refractivity contribution in [1.29, 1.82) is 0 Å². The summed E-state index contributed by atoms with van der Waals surface area (Å²) in [6.07, 6.45) is 1.86. The molecular formula is C20H17F3N4O2S. The molecule has 1 aliphatic rings. The number of hydrogen-bond donors (Lipinski definition) is 1. The van der Waals surface area contributed by atoms with Gasteiger partial charge in [0.15, 0.2) is 11.0 Å². The number of ether oxygens (including phenoxy) is 1. The Morgan fingerprint density at radius 3 is 2.63 bits per heavy atom. The lowest BCUT2D eigenvalue weighted by Crippen LogP contribution is -2.16. The van der Waals surface area contributed by atoms with E-state index in [0.717, 1.165) is 24.6 Å². The lowest BCUT2D eigenvalue weighted by Gasteiger charge is -2.12. The van der Waals surface area contributed by atoms with Gasteiger partial charge in [0.2, 0.25) is 5.91 Å². The number of carbonyl (C=O) groups excluding carboxylic acids is 1. The molecule has 156 valence electrons. The fourth-order valence-electron chi connectivity index (χ4n) is 2.95. The fourth-order valence-corrected chi connectivity index (χ4v) is 3.75. The van der Waals surface area contributed by atoms with E-state index in [1.54, 1.807) is 24.3 Å². The second-order valence-corrected chi connectivity index (χ2v) is 7.54. The predicted octanol–water partition coefficient (Wildman–Crippen LogP) is 4.75. The standard InChI is InChI=1S/C20H17F3N4O2S/c21-14-6-2-1-5-13(14)18-25-26-20(27(18)12-9-10-12)30-11-17(28)24-15-7-3-4-8-16(15)29-19(22)23/h1-8,12,19H,9-11H2,(H,24,28). The van der Waals surface area contributed by atoms with Crippen LogP contribution in [0.2, 0.25) is 0 Å². The van der Waals surface area contributed by atoms with Crippen molar-refractivity contribution >= 4 is 23.4 Å². The molecule has 0 unspecified atom stereocenters. The van der Waals surface area contributed by atoms with E-state index in [-0.39, 0.29) is 23.2 Å². The predicted molar refractivity (Wildman–Crippen MR) is 106 cm³/mol. The number of anilines is 1. The summed E-state index contributed by atoms with van der Waals surface area (Å²) in [5, 5.41) is 11.3. The van der Waals surface area contributed by atoms with E-state index >= 15 is 0 Å². The van der Waals surface area contributed by atoms with Gasteiger partial charge < -0.3 is 10.1 Å². The lowest BCUT2D eigenvalue weighted by molar-refractivity contribution is -0.113. The smallest absolute Gasteiger partial charge is 0.387 e. The van der Waals surface area contributed by atoms with Gasteiger partial charge in [-0.05, 0) is 37.1 Å². The van der Waals surface area contributed by atoms with Crippen LogP contribution in [0.4, 0.5) is 18.9 Å². The van der Waals surface area contributed by atoms with Crippen LogP contribution in [0, 0.1) is 5.82 Å². The summed E-state index contributed by atoms with van der Waals surface area (Å²) in [7, 11) is 0. The van der Waals surface area contributed by atoms with E-state index in [0.29, 0.717) is 16.5 Å². The zero-order chi connectivity index (χ0) is 21.1. The lowest BCUT2D eigenvalue weighted by atomic mass is 10.2. The molecule has 6 nitrogen and oxygen atoms in total. The van der Waals surface area contributed by atoms with E-state index in [9.17, 15) is 18.0 Å². The second-order valence-electron chi connectivity index (χ2n) is 6.60. The number of aromatic nitrogens is 3. The van der Waals surface area contributed by atoms with Gasteiger partial charge in [-0.15, -0.1) is 10.2 Å². The van der Waals surface area contributed by atoms with E-state index in [2.05, 4.69) is 20.3 Å². The summed E-state index contributed by atoms with van der Waals surface area (Å²) >= 11 is 1.15. The van der Waals surface area contributed by atoms with Crippen LogP contribution in [0.1, 0.15) is 18.9 Å². The van der Waals surface area contributed by atoms with Crippen molar-refractivity contribution in [2.24, 2.45) is 0 Å². The minimum Gasteiger partial charge on any atom is -0.433 e. The van der Waals surface area contributed by atoms with Gasteiger partial charge in [-0.3, -0.25) is 9.36 Å². The molecule has 1 fully saturated rings. The normalized spacial score (nSPS) is 13.5.